The summed E-state index contributed by atoms with van der Waals surface area (Å²) in [6, 6.07) is 0. The number of halogens is 3. The molecule has 0 atom stereocenters. The first-order valence-electron chi connectivity index (χ1n) is 4.83. The molecule has 0 fully saturated rings. The van der Waals surface area contributed by atoms with Gasteiger partial charge in [0.05, 0.1) is 0 Å². The number of nitrogens with zero attached hydrogens (tertiary/aromatic N) is 2. The van der Waals surface area contributed by atoms with Crippen molar-refractivity contribution in [2.75, 3.05) is 6.54 Å². The molecule has 7 heteroatoms. The van der Waals surface area contributed by atoms with Gasteiger partial charge in [0.2, 0.25) is 5.01 Å². The van der Waals surface area contributed by atoms with Crippen molar-refractivity contribution >= 4 is 11.3 Å². The van der Waals surface area contributed by atoms with Gasteiger partial charge in [0.1, 0.15) is 5.01 Å². The van der Waals surface area contributed by atoms with Gasteiger partial charge >= 0.3 is 6.18 Å². The fourth-order valence-electron chi connectivity index (χ4n) is 1.01. The van der Waals surface area contributed by atoms with E-state index in [1.165, 1.54) is 0 Å². The lowest BCUT2D eigenvalue weighted by Gasteiger charge is -2.19. The van der Waals surface area contributed by atoms with Crippen LogP contribution in [0.2, 0.25) is 0 Å². The van der Waals surface area contributed by atoms with Crippen LogP contribution in [0.25, 0.3) is 0 Å². The molecular formula is C9H14F3N3S. The normalized spacial score (nSPS) is 13.1. The third-order valence-electron chi connectivity index (χ3n) is 1.70. The zero-order valence-corrected chi connectivity index (χ0v) is 10.2. The Morgan fingerprint density at radius 3 is 2.25 bits per heavy atom. The molecule has 0 aliphatic carbocycles. The minimum absolute atomic E-state index is 0.0441. The maximum Gasteiger partial charge on any atom is 0.445 e. The maximum atomic E-state index is 12.2. The summed E-state index contributed by atoms with van der Waals surface area (Å²) >= 11 is 0.603. The van der Waals surface area contributed by atoms with Gasteiger partial charge in [0, 0.05) is 18.5 Å². The third kappa shape index (κ3) is 4.44. The average Bonchev–Trinajstić information content (AvgIpc) is 2.49. The van der Waals surface area contributed by atoms with Crippen molar-refractivity contribution in [2.45, 2.75) is 38.9 Å². The molecule has 0 saturated heterocycles. The molecule has 16 heavy (non-hydrogen) atoms. The predicted molar refractivity (Wildman–Crippen MR) is 56.4 cm³/mol. The fraction of sp³-hybridized carbons (Fsp3) is 0.778. The molecule has 0 aromatic carbocycles. The maximum absolute atomic E-state index is 12.2. The van der Waals surface area contributed by atoms with Gasteiger partial charge in [-0.05, 0) is 20.8 Å². The van der Waals surface area contributed by atoms with Gasteiger partial charge in [-0.3, -0.25) is 0 Å². The average molecular weight is 253 g/mol. The minimum Gasteiger partial charge on any atom is -0.312 e. The molecule has 1 N–H and O–H groups in total. The van der Waals surface area contributed by atoms with E-state index in [1.807, 2.05) is 20.8 Å². The van der Waals surface area contributed by atoms with E-state index in [0.29, 0.717) is 29.3 Å². The van der Waals surface area contributed by atoms with Crippen LogP contribution in [0, 0.1) is 0 Å². The summed E-state index contributed by atoms with van der Waals surface area (Å²) < 4.78 is 36.6. The van der Waals surface area contributed by atoms with E-state index in [-0.39, 0.29) is 5.54 Å². The molecule has 1 aromatic rings. The Labute approximate surface area is 96.1 Å². The topological polar surface area (TPSA) is 37.8 Å². The zero-order valence-electron chi connectivity index (χ0n) is 9.35. The highest BCUT2D eigenvalue weighted by atomic mass is 32.1. The highest BCUT2D eigenvalue weighted by Crippen LogP contribution is 2.31. The summed E-state index contributed by atoms with van der Waals surface area (Å²) in [4.78, 5) is 0. The molecule has 0 spiro atoms. The quantitative estimate of drug-likeness (QED) is 0.899. The molecule has 0 bridgehead atoms. The first kappa shape index (κ1) is 13.4. The molecular weight excluding hydrogens is 239 g/mol. The molecule has 3 nitrogen and oxygen atoms in total. The highest BCUT2D eigenvalue weighted by molar-refractivity contribution is 7.11. The summed E-state index contributed by atoms with van der Waals surface area (Å²) in [5, 5.41) is 9.33. The van der Waals surface area contributed by atoms with E-state index in [9.17, 15) is 13.2 Å². The first-order valence-corrected chi connectivity index (χ1v) is 5.65. The van der Waals surface area contributed by atoms with Gasteiger partial charge in [0.25, 0.3) is 0 Å². The van der Waals surface area contributed by atoms with Gasteiger partial charge in [0.15, 0.2) is 0 Å². The van der Waals surface area contributed by atoms with Crippen molar-refractivity contribution in [1.82, 2.24) is 15.5 Å². The lowest BCUT2D eigenvalue weighted by molar-refractivity contribution is -0.138. The molecule has 1 heterocycles. The Morgan fingerprint density at radius 2 is 1.81 bits per heavy atom. The highest BCUT2D eigenvalue weighted by Gasteiger charge is 2.35. The second-order valence-corrected chi connectivity index (χ2v) is 5.49. The number of hydrogen-bond acceptors (Lipinski definition) is 4. The second kappa shape index (κ2) is 4.67. The van der Waals surface area contributed by atoms with Crippen molar-refractivity contribution < 1.29 is 13.2 Å². The van der Waals surface area contributed by atoms with E-state index in [1.54, 1.807) is 0 Å². The Hall–Kier alpha value is -0.690. The third-order valence-corrected chi connectivity index (χ3v) is 2.73. The van der Waals surface area contributed by atoms with Crippen LogP contribution < -0.4 is 5.32 Å². The summed E-state index contributed by atoms with van der Waals surface area (Å²) in [6.07, 6.45) is -3.92. The SMILES string of the molecule is CC(C)(C)NCCc1nnc(C(F)(F)F)s1. The Bertz CT molecular complexity index is 341. The van der Waals surface area contributed by atoms with Gasteiger partial charge in [-0.25, -0.2) is 0 Å². The molecule has 92 valence electrons. The molecule has 1 aromatic heterocycles. The predicted octanol–water partition coefficient (Wildman–Crippen LogP) is 2.49. The van der Waals surface area contributed by atoms with Gasteiger partial charge in [-0.15, -0.1) is 10.2 Å². The van der Waals surface area contributed by atoms with Gasteiger partial charge < -0.3 is 5.32 Å². The molecule has 0 amide bonds. The van der Waals surface area contributed by atoms with Crippen LogP contribution in [0.15, 0.2) is 0 Å². The Kier molecular flexibility index (Phi) is 3.90. The molecule has 0 unspecified atom stereocenters. The van der Waals surface area contributed by atoms with Crippen molar-refractivity contribution in [1.29, 1.82) is 0 Å². The van der Waals surface area contributed by atoms with Gasteiger partial charge in [-0.2, -0.15) is 13.2 Å². The number of alkyl halides is 3. The zero-order chi connectivity index (χ0) is 12.4. The van der Waals surface area contributed by atoms with Crippen molar-refractivity contribution in [3.05, 3.63) is 10.0 Å². The largest absolute Gasteiger partial charge is 0.445 e. The molecule has 0 aliphatic heterocycles. The number of aromatic nitrogens is 2. The van der Waals surface area contributed by atoms with Crippen molar-refractivity contribution in [3.63, 3.8) is 0 Å². The van der Waals surface area contributed by atoms with E-state index in [2.05, 4.69) is 15.5 Å². The summed E-state index contributed by atoms with van der Waals surface area (Å²) in [5.74, 6) is 0. The van der Waals surface area contributed by atoms with Crippen LogP contribution in [0.5, 0.6) is 0 Å². The number of hydrogen-bond donors (Lipinski definition) is 1. The Morgan fingerprint density at radius 1 is 1.19 bits per heavy atom. The summed E-state index contributed by atoms with van der Waals surface area (Å²) in [5.41, 5.74) is -0.0441. The van der Waals surface area contributed by atoms with Crippen LogP contribution in [-0.2, 0) is 12.6 Å². The van der Waals surface area contributed by atoms with E-state index < -0.39 is 11.2 Å². The van der Waals surface area contributed by atoms with Crippen molar-refractivity contribution in [3.8, 4) is 0 Å². The molecule has 0 saturated carbocycles. The van der Waals surface area contributed by atoms with E-state index in [4.69, 9.17) is 0 Å². The number of rotatable bonds is 3. The van der Waals surface area contributed by atoms with Crippen LogP contribution in [0.4, 0.5) is 13.2 Å². The smallest absolute Gasteiger partial charge is 0.312 e. The molecule has 0 aliphatic rings. The molecule has 1 rings (SSSR count). The minimum atomic E-state index is -4.38. The Balaban J connectivity index is 2.48. The standard InChI is InChI=1S/C9H14F3N3S/c1-8(2,3)13-5-4-6-14-15-7(16-6)9(10,11)12/h13H,4-5H2,1-3H3. The van der Waals surface area contributed by atoms with Crippen LogP contribution in [-0.4, -0.2) is 22.3 Å². The fourth-order valence-corrected chi connectivity index (χ4v) is 1.72. The van der Waals surface area contributed by atoms with Crippen LogP contribution >= 0.6 is 11.3 Å². The lowest BCUT2D eigenvalue weighted by atomic mass is 10.1. The summed E-state index contributed by atoms with van der Waals surface area (Å²) in [7, 11) is 0. The summed E-state index contributed by atoms with van der Waals surface area (Å²) in [6.45, 7) is 6.58. The first-order chi connectivity index (χ1) is 7.18. The monoisotopic (exact) mass is 253 g/mol. The van der Waals surface area contributed by atoms with Crippen molar-refractivity contribution in [2.24, 2.45) is 0 Å². The second-order valence-electron chi connectivity index (χ2n) is 4.43. The van der Waals surface area contributed by atoms with E-state index >= 15 is 0 Å². The van der Waals surface area contributed by atoms with E-state index in [0.717, 1.165) is 0 Å². The van der Waals surface area contributed by atoms with Crippen LogP contribution in [0.3, 0.4) is 0 Å². The van der Waals surface area contributed by atoms with Crippen LogP contribution in [0.1, 0.15) is 30.8 Å². The van der Waals surface area contributed by atoms with Gasteiger partial charge in [-0.1, -0.05) is 11.3 Å². The lowest BCUT2D eigenvalue weighted by Crippen LogP contribution is -2.37. The number of nitrogens with one attached hydrogen (secondary N) is 1. The molecule has 0 radical (unpaired) electrons.